The second kappa shape index (κ2) is 4.59. The Hall–Kier alpha value is -0.432. The second-order valence-electron chi connectivity index (χ2n) is 5.75. The van der Waals surface area contributed by atoms with Crippen molar-refractivity contribution in [1.29, 1.82) is 0 Å². The molecule has 0 aromatic carbocycles. The van der Waals surface area contributed by atoms with E-state index in [4.69, 9.17) is 0 Å². The molecule has 0 nitrogen and oxygen atoms in total. The molecule has 0 heterocycles. The first-order valence-corrected chi connectivity index (χ1v) is 10.8. The Balaban J connectivity index is 2.82. The normalized spacial score (nSPS) is 22.0. The Morgan fingerprint density at radius 2 is 0.778 bits per heavy atom. The largest absolute Gasteiger partial charge is 0.0737 e. The van der Waals surface area contributed by atoms with E-state index in [9.17, 15) is 0 Å². The summed E-state index contributed by atoms with van der Waals surface area (Å²) in [5, 5.41) is 6.97. The van der Waals surface area contributed by atoms with Crippen LogP contribution in [0.4, 0.5) is 0 Å². The van der Waals surface area contributed by atoms with Gasteiger partial charge in [0.1, 0.15) is 0 Å². The van der Waals surface area contributed by atoms with Gasteiger partial charge in [-0.05, 0) is 61.1 Å². The minimum atomic E-state index is 1.21. The van der Waals surface area contributed by atoms with Crippen molar-refractivity contribution in [3.05, 3.63) is 54.2 Å². The molecule has 0 aromatic heterocycles. The lowest BCUT2D eigenvalue weighted by Gasteiger charge is -2.13. The molecule has 0 radical (unpaired) electrons. The van der Waals surface area contributed by atoms with Gasteiger partial charge in [0.15, 0.2) is 0 Å². The Kier molecular flexibility index (Phi) is 3.57. The molecule has 0 saturated carbocycles. The lowest BCUT2D eigenvalue weighted by Crippen LogP contribution is -1.99. The highest BCUT2D eigenvalue weighted by Gasteiger charge is 2.26. The average Bonchev–Trinajstić information content (AvgIpc) is 2.64. The summed E-state index contributed by atoms with van der Waals surface area (Å²) in [5.74, 6) is 0. The fourth-order valence-electron chi connectivity index (χ4n) is 3.19. The van der Waals surface area contributed by atoms with E-state index in [1.54, 1.807) is 31.9 Å². The predicted octanol–water partition coefficient (Wildman–Crippen LogP) is -1.13. The molecule has 0 spiro atoms. The van der Waals surface area contributed by atoms with E-state index in [-0.39, 0.29) is 0 Å². The monoisotopic (exact) mass is 304 g/mol. The summed E-state index contributed by atoms with van der Waals surface area (Å²) < 4.78 is 0. The van der Waals surface area contributed by atoms with Gasteiger partial charge in [-0.15, -0.1) is 0 Å². The summed E-state index contributed by atoms with van der Waals surface area (Å²) in [6.45, 7) is 9.21. The van der Waals surface area contributed by atoms with Crippen molar-refractivity contribution >= 4 is 41.0 Å². The SMILES string of the molecule is CC1=C(C)C(=C2C([SiH3])=C([SiH3])C([SiH3])=C2[SiH3])C(C)=C1C. The number of hydrogen-bond acceptors (Lipinski definition) is 0. The minimum absolute atomic E-state index is 1.21. The Morgan fingerprint density at radius 3 is 1.11 bits per heavy atom. The van der Waals surface area contributed by atoms with Crippen molar-refractivity contribution in [1.82, 2.24) is 0 Å². The smallest absolute Gasteiger partial charge is 0.0390 e. The van der Waals surface area contributed by atoms with Gasteiger partial charge in [-0.1, -0.05) is 20.8 Å². The fourth-order valence-corrected chi connectivity index (χ4v) is 7.94. The summed E-state index contributed by atoms with van der Waals surface area (Å²) in [7, 11) is 4.91. The molecule has 2 aliphatic rings. The zero-order chi connectivity index (χ0) is 13.8. The van der Waals surface area contributed by atoms with E-state index in [1.807, 2.05) is 0 Å². The number of rotatable bonds is 0. The van der Waals surface area contributed by atoms with Crippen molar-refractivity contribution < 1.29 is 0 Å². The molecule has 0 amide bonds. The van der Waals surface area contributed by atoms with Crippen LogP contribution in [-0.2, 0) is 0 Å². The highest BCUT2D eigenvalue weighted by Crippen LogP contribution is 2.43. The lowest BCUT2D eigenvalue weighted by molar-refractivity contribution is 1.31. The average molecular weight is 305 g/mol. The summed E-state index contributed by atoms with van der Waals surface area (Å²) in [6.07, 6.45) is 0. The molecular formula is C14H24Si4. The molecule has 2 aliphatic carbocycles. The van der Waals surface area contributed by atoms with Crippen molar-refractivity contribution in [2.24, 2.45) is 0 Å². The van der Waals surface area contributed by atoms with Crippen LogP contribution in [0.5, 0.6) is 0 Å². The van der Waals surface area contributed by atoms with E-state index in [2.05, 4.69) is 27.7 Å². The van der Waals surface area contributed by atoms with E-state index in [0.717, 1.165) is 0 Å². The molecule has 0 atom stereocenters. The molecule has 4 heteroatoms. The molecule has 0 N–H and O–H groups in total. The Bertz CT molecular complexity index is 504. The van der Waals surface area contributed by atoms with Crippen molar-refractivity contribution in [2.75, 3.05) is 0 Å². The van der Waals surface area contributed by atoms with Gasteiger partial charge in [-0.25, -0.2) is 0 Å². The van der Waals surface area contributed by atoms with Gasteiger partial charge >= 0.3 is 0 Å². The van der Waals surface area contributed by atoms with Crippen molar-refractivity contribution in [3.63, 3.8) is 0 Å². The maximum atomic E-state index is 2.32. The first-order valence-electron chi connectivity index (χ1n) is 6.75. The van der Waals surface area contributed by atoms with Crippen LogP contribution in [0.1, 0.15) is 27.7 Å². The number of hydrogen-bond donors (Lipinski definition) is 0. The van der Waals surface area contributed by atoms with Crippen molar-refractivity contribution in [3.8, 4) is 0 Å². The molecule has 0 bridgehead atoms. The molecule has 0 aliphatic heterocycles. The van der Waals surface area contributed by atoms with Gasteiger partial charge in [0.2, 0.25) is 0 Å². The quantitative estimate of drug-likeness (QED) is 0.497. The zero-order valence-corrected chi connectivity index (χ0v) is 21.0. The summed E-state index contributed by atoms with van der Waals surface area (Å²) in [5.41, 5.74) is 9.36. The van der Waals surface area contributed by atoms with Crippen LogP contribution < -0.4 is 0 Å². The molecule has 0 saturated heterocycles. The van der Waals surface area contributed by atoms with E-state index < -0.39 is 0 Å². The summed E-state index contributed by atoms with van der Waals surface area (Å²) in [4.78, 5) is 0. The topological polar surface area (TPSA) is 0 Å². The van der Waals surface area contributed by atoms with Gasteiger partial charge in [0, 0.05) is 41.0 Å². The summed E-state index contributed by atoms with van der Waals surface area (Å²) >= 11 is 0. The zero-order valence-electron chi connectivity index (χ0n) is 13.0. The van der Waals surface area contributed by atoms with Gasteiger partial charge in [0.25, 0.3) is 0 Å². The predicted molar refractivity (Wildman–Crippen MR) is 97.6 cm³/mol. The van der Waals surface area contributed by atoms with Crippen LogP contribution >= 0.6 is 0 Å². The Morgan fingerprint density at radius 1 is 0.444 bits per heavy atom. The van der Waals surface area contributed by atoms with E-state index >= 15 is 0 Å². The van der Waals surface area contributed by atoms with Crippen LogP contribution in [0.15, 0.2) is 54.2 Å². The third-order valence-electron chi connectivity index (χ3n) is 5.12. The van der Waals surface area contributed by atoms with Gasteiger partial charge in [-0.2, -0.15) is 0 Å². The highest BCUT2D eigenvalue weighted by atomic mass is 28.2. The van der Waals surface area contributed by atoms with Gasteiger partial charge < -0.3 is 0 Å². The molecule has 18 heavy (non-hydrogen) atoms. The van der Waals surface area contributed by atoms with Crippen LogP contribution in [-0.4, -0.2) is 41.0 Å². The standard InChI is InChI=1S/C14H24Si4/c1-5-6(2)8(4)9(7(5)3)10-11(15)13(17)14(18)12(10)16/h1-4,15-18H3. The lowest BCUT2D eigenvalue weighted by atomic mass is 9.98. The third-order valence-corrected chi connectivity index (χ3v) is 13.6. The molecule has 2 rings (SSSR count). The first kappa shape index (κ1) is 14.0. The molecular weight excluding hydrogens is 280 g/mol. The van der Waals surface area contributed by atoms with Crippen LogP contribution in [0.25, 0.3) is 0 Å². The third kappa shape index (κ3) is 1.74. The first-order chi connectivity index (χ1) is 8.29. The van der Waals surface area contributed by atoms with Crippen LogP contribution in [0.2, 0.25) is 0 Å². The highest BCUT2D eigenvalue weighted by molar-refractivity contribution is 6.49. The second-order valence-corrected chi connectivity index (χ2v) is 9.75. The van der Waals surface area contributed by atoms with Crippen LogP contribution in [0.3, 0.4) is 0 Å². The fraction of sp³-hybridized carbons (Fsp3) is 0.286. The van der Waals surface area contributed by atoms with E-state index in [1.165, 1.54) is 63.3 Å². The maximum Gasteiger partial charge on any atom is 0.0390 e. The van der Waals surface area contributed by atoms with Gasteiger partial charge in [-0.3, -0.25) is 0 Å². The van der Waals surface area contributed by atoms with Gasteiger partial charge in [0.05, 0.1) is 0 Å². The Labute approximate surface area is 123 Å². The molecule has 0 aromatic rings. The molecule has 96 valence electrons. The maximum absolute atomic E-state index is 2.32. The summed E-state index contributed by atoms with van der Waals surface area (Å²) in [6, 6.07) is 0. The van der Waals surface area contributed by atoms with E-state index in [0.29, 0.717) is 0 Å². The number of allylic oxidation sites excluding steroid dienone is 10. The van der Waals surface area contributed by atoms with Crippen molar-refractivity contribution in [2.45, 2.75) is 27.7 Å². The molecule has 0 fully saturated rings. The van der Waals surface area contributed by atoms with Crippen LogP contribution in [0, 0.1) is 0 Å². The molecule has 0 unspecified atom stereocenters. The minimum Gasteiger partial charge on any atom is -0.0737 e.